The monoisotopic (exact) mass is 509 g/mol. The zero-order chi connectivity index (χ0) is 24.8. The van der Waals surface area contributed by atoms with Gasteiger partial charge in [0.1, 0.15) is 13.2 Å². The van der Waals surface area contributed by atoms with E-state index in [1.54, 1.807) is 11.3 Å². The standard InChI is InChI=1S/C29H52N2O3S/c1-2-3-4-5-6-7-8-9-10-11-12-13-14-15-18-27-23-28(33-24-27)25-34-29(32)30-19-16-17-20-31-21-22-35-26-31/h21-22,26-28H,2-20,23-25H2,1H3/p+1. The van der Waals surface area contributed by atoms with E-state index in [0.29, 0.717) is 19.1 Å². The highest BCUT2D eigenvalue weighted by Gasteiger charge is 2.26. The number of hydrogen-bond donors (Lipinski definition) is 1. The molecular formula is C29H53N2O3S+. The van der Waals surface area contributed by atoms with E-state index in [1.807, 2.05) is 0 Å². The topological polar surface area (TPSA) is 51.4 Å². The molecule has 1 aromatic rings. The van der Waals surface area contributed by atoms with Gasteiger partial charge in [-0.15, -0.1) is 0 Å². The van der Waals surface area contributed by atoms with E-state index in [1.165, 1.54) is 96.3 Å². The Morgan fingerprint density at radius 1 is 0.943 bits per heavy atom. The lowest BCUT2D eigenvalue weighted by molar-refractivity contribution is -0.692. The quantitative estimate of drug-likeness (QED) is 0.128. The molecule has 6 heteroatoms. The summed E-state index contributed by atoms with van der Waals surface area (Å²) in [5.41, 5.74) is 2.11. The van der Waals surface area contributed by atoms with Gasteiger partial charge >= 0.3 is 6.09 Å². The van der Waals surface area contributed by atoms with Crippen LogP contribution in [0.1, 0.15) is 122 Å². The molecule has 0 aromatic carbocycles. The molecule has 2 unspecified atom stereocenters. The molecule has 0 bridgehead atoms. The van der Waals surface area contributed by atoms with Gasteiger partial charge in [-0.2, -0.15) is 4.57 Å². The molecule has 1 aromatic heterocycles. The van der Waals surface area contributed by atoms with Crippen LogP contribution in [0.3, 0.4) is 0 Å². The predicted molar refractivity (Wildman–Crippen MR) is 146 cm³/mol. The van der Waals surface area contributed by atoms with E-state index in [9.17, 15) is 4.79 Å². The summed E-state index contributed by atoms with van der Waals surface area (Å²) in [7, 11) is 0. The fourth-order valence-electron chi connectivity index (χ4n) is 4.94. The number of rotatable bonds is 22. The van der Waals surface area contributed by atoms with Crippen molar-refractivity contribution in [2.75, 3.05) is 19.8 Å². The number of aromatic nitrogens is 1. The van der Waals surface area contributed by atoms with Crippen LogP contribution in [0.15, 0.2) is 17.1 Å². The number of carbonyl (C=O) groups excluding carboxylic acids is 1. The van der Waals surface area contributed by atoms with Crippen LogP contribution in [0.5, 0.6) is 0 Å². The second-order valence-electron chi connectivity index (χ2n) is 10.4. The van der Waals surface area contributed by atoms with Crippen LogP contribution >= 0.6 is 11.3 Å². The molecule has 2 heterocycles. The van der Waals surface area contributed by atoms with Crippen molar-refractivity contribution < 1.29 is 18.8 Å². The lowest BCUT2D eigenvalue weighted by Gasteiger charge is -2.11. The first kappa shape index (κ1) is 30.1. The van der Waals surface area contributed by atoms with Crippen molar-refractivity contribution in [3.05, 3.63) is 17.1 Å². The Labute approximate surface area is 219 Å². The van der Waals surface area contributed by atoms with Crippen molar-refractivity contribution in [3.63, 3.8) is 0 Å². The number of ether oxygens (including phenoxy) is 2. The maximum absolute atomic E-state index is 11.9. The van der Waals surface area contributed by atoms with Gasteiger partial charge in [0.05, 0.1) is 18.1 Å². The number of hydrogen-bond acceptors (Lipinski definition) is 4. The minimum absolute atomic E-state index is 0.0763. The van der Waals surface area contributed by atoms with Crippen LogP contribution in [0.4, 0.5) is 4.79 Å². The maximum atomic E-state index is 11.9. The van der Waals surface area contributed by atoms with Gasteiger partial charge in [0.25, 0.3) is 0 Å². The van der Waals surface area contributed by atoms with Gasteiger partial charge in [0, 0.05) is 13.0 Å². The summed E-state index contributed by atoms with van der Waals surface area (Å²) in [6.45, 7) is 5.16. The number of nitrogens with zero attached hydrogens (tertiary/aromatic N) is 1. The fraction of sp³-hybridized carbons (Fsp3) is 0.862. The number of unbranched alkanes of at least 4 members (excludes halogenated alkanes) is 14. The highest BCUT2D eigenvalue weighted by atomic mass is 32.1. The molecule has 0 saturated carbocycles. The van der Waals surface area contributed by atoms with E-state index >= 15 is 0 Å². The third-order valence-corrected chi connectivity index (χ3v) is 7.84. The first-order valence-corrected chi connectivity index (χ1v) is 15.7. The molecule has 1 saturated heterocycles. The summed E-state index contributed by atoms with van der Waals surface area (Å²) in [4.78, 5) is 11.9. The van der Waals surface area contributed by atoms with Crippen molar-refractivity contribution in [1.29, 1.82) is 0 Å². The van der Waals surface area contributed by atoms with Gasteiger partial charge in [-0.1, -0.05) is 108 Å². The highest BCUT2D eigenvalue weighted by molar-refractivity contribution is 7.07. The number of nitrogens with one attached hydrogen (secondary N) is 1. The Bertz CT molecular complexity index is 611. The zero-order valence-electron chi connectivity index (χ0n) is 22.5. The summed E-state index contributed by atoms with van der Waals surface area (Å²) in [5, 5.41) is 4.93. The van der Waals surface area contributed by atoms with Crippen molar-refractivity contribution in [2.45, 2.75) is 135 Å². The van der Waals surface area contributed by atoms with Crippen molar-refractivity contribution in [1.82, 2.24) is 5.32 Å². The van der Waals surface area contributed by atoms with Gasteiger partial charge in [-0.25, -0.2) is 4.79 Å². The third kappa shape index (κ3) is 16.3. The molecule has 202 valence electrons. The molecule has 0 radical (unpaired) electrons. The Morgan fingerprint density at radius 2 is 1.60 bits per heavy atom. The SMILES string of the molecule is CCCCCCCCCCCCCCCCC1COC(COC(=O)NCCCC[n+]2ccsc2)C1. The van der Waals surface area contributed by atoms with E-state index in [4.69, 9.17) is 9.47 Å². The lowest BCUT2D eigenvalue weighted by atomic mass is 9.97. The van der Waals surface area contributed by atoms with Crippen LogP contribution in [0.25, 0.3) is 0 Å². The lowest BCUT2D eigenvalue weighted by Crippen LogP contribution is -2.31. The fourth-order valence-corrected chi connectivity index (χ4v) is 5.57. The van der Waals surface area contributed by atoms with Crippen LogP contribution in [-0.4, -0.2) is 32.0 Å². The van der Waals surface area contributed by atoms with Gasteiger partial charge in [-0.05, 0) is 25.2 Å². The zero-order valence-corrected chi connectivity index (χ0v) is 23.3. The van der Waals surface area contributed by atoms with Gasteiger partial charge < -0.3 is 14.8 Å². The number of thiazole rings is 1. The molecule has 2 rings (SSSR count). The molecule has 1 N–H and O–H groups in total. The molecule has 1 aliphatic heterocycles. The Kier molecular flexibility index (Phi) is 18.0. The average molecular weight is 510 g/mol. The number of aryl methyl sites for hydroxylation is 1. The molecule has 5 nitrogen and oxygen atoms in total. The summed E-state index contributed by atoms with van der Waals surface area (Å²) in [5.74, 6) is 0.638. The van der Waals surface area contributed by atoms with E-state index in [2.05, 4.69) is 33.9 Å². The minimum Gasteiger partial charge on any atom is -0.447 e. The molecule has 35 heavy (non-hydrogen) atoms. The summed E-state index contributed by atoms with van der Waals surface area (Å²) >= 11 is 1.70. The van der Waals surface area contributed by atoms with Gasteiger partial charge in [0.15, 0.2) is 6.20 Å². The molecule has 1 amide bonds. The van der Waals surface area contributed by atoms with Crippen LogP contribution in [0.2, 0.25) is 0 Å². The van der Waals surface area contributed by atoms with E-state index in [0.717, 1.165) is 32.4 Å². The van der Waals surface area contributed by atoms with Crippen LogP contribution in [0, 0.1) is 5.92 Å². The van der Waals surface area contributed by atoms with Gasteiger partial charge in [-0.3, -0.25) is 0 Å². The maximum Gasteiger partial charge on any atom is 0.407 e. The smallest absolute Gasteiger partial charge is 0.407 e. The van der Waals surface area contributed by atoms with Crippen molar-refractivity contribution in [3.8, 4) is 0 Å². The molecule has 0 spiro atoms. The predicted octanol–water partition coefficient (Wildman–Crippen LogP) is 7.82. The first-order valence-electron chi connectivity index (χ1n) is 14.7. The number of carbonyl (C=O) groups is 1. The number of alkyl carbamates (subject to hydrolysis) is 1. The second-order valence-corrected chi connectivity index (χ2v) is 11.2. The van der Waals surface area contributed by atoms with Crippen LogP contribution in [-0.2, 0) is 16.0 Å². The van der Waals surface area contributed by atoms with Crippen molar-refractivity contribution >= 4 is 17.4 Å². The second kappa shape index (κ2) is 21.0. The summed E-state index contributed by atoms with van der Waals surface area (Å²) in [6.07, 6.45) is 25.8. The average Bonchev–Trinajstić information content (AvgIpc) is 3.55. The third-order valence-electron chi connectivity index (χ3n) is 7.17. The highest BCUT2D eigenvalue weighted by Crippen LogP contribution is 2.25. The largest absolute Gasteiger partial charge is 0.447 e. The minimum atomic E-state index is -0.313. The first-order chi connectivity index (χ1) is 17.3. The molecule has 0 aliphatic carbocycles. The van der Waals surface area contributed by atoms with Crippen molar-refractivity contribution in [2.24, 2.45) is 5.92 Å². The number of amides is 1. The van der Waals surface area contributed by atoms with Crippen LogP contribution < -0.4 is 9.88 Å². The Morgan fingerprint density at radius 3 is 2.23 bits per heavy atom. The summed E-state index contributed by atoms with van der Waals surface area (Å²) in [6, 6.07) is 0. The van der Waals surface area contributed by atoms with E-state index in [-0.39, 0.29) is 12.2 Å². The molecule has 2 atom stereocenters. The Balaban J connectivity index is 1.31. The normalized spacial score (nSPS) is 17.6. The molecule has 1 fully saturated rings. The molecule has 1 aliphatic rings. The van der Waals surface area contributed by atoms with Gasteiger partial charge in [0.2, 0.25) is 5.51 Å². The Hall–Kier alpha value is -1.14. The van der Waals surface area contributed by atoms with E-state index < -0.39 is 0 Å². The molecular weight excluding hydrogens is 456 g/mol. The summed E-state index contributed by atoms with van der Waals surface area (Å²) < 4.78 is 13.4.